The van der Waals surface area contributed by atoms with E-state index in [1.54, 1.807) is 0 Å². The van der Waals surface area contributed by atoms with Crippen LogP contribution >= 0.6 is 23.4 Å². The first kappa shape index (κ1) is 25.4. The van der Waals surface area contributed by atoms with Crippen LogP contribution in [0.15, 0.2) is 35.5 Å². The molecule has 1 fully saturated rings. The molecule has 2 N–H and O–H groups in total. The summed E-state index contributed by atoms with van der Waals surface area (Å²) in [5.41, 5.74) is -0.797. The average molecular weight is 528 g/mol. The van der Waals surface area contributed by atoms with Gasteiger partial charge in [0.2, 0.25) is 0 Å². The molecule has 184 valence electrons. The molecule has 5 atom stereocenters. The molecule has 2 aromatic heterocycles. The zero-order valence-electron chi connectivity index (χ0n) is 17.8. The van der Waals surface area contributed by atoms with Crippen molar-refractivity contribution in [3.05, 3.63) is 58.8 Å². The van der Waals surface area contributed by atoms with Crippen molar-refractivity contribution >= 4 is 23.4 Å². The van der Waals surface area contributed by atoms with Gasteiger partial charge < -0.3 is 19.7 Å². The molecule has 0 aliphatic carbocycles. The lowest BCUT2D eigenvalue weighted by molar-refractivity contribution is -0.186. The summed E-state index contributed by atoms with van der Waals surface area (Å²) in [6, 6.07) is 3.99. The first-order valence-corrected chi connectivity index (χ1v) is 11.3. The van der Waals surface area contributed by atoms with Gasteiger partial charge in [0.15, 0.2) is 23.1 Å². The summed E-state index contributed by atoms with van der Waals surface area (Å²) in [6.07, 6.45) is -0.471. The highest BCUT2D eigenvalue weighted by Crippen LogP contribution is 2.40. The number of ether oxygens (including phenoxy) is 2. The lowest BCUT2D eigenvalue weighted by Crippen LogP contribution is -2.55. The number of methoxy groups -OCH3 is 1. The largest absolute Gasteiger partial charge is 0.394 e. The van der Waals surface area contributed by atoms with Crippen molar-refractivity contribution < 1.29 is 32.9 Å². The Labute approximate surface area is 206 Å². The van der Waals surface area contributed by atoms with Crippen molar-refractivity contribution in [2.45, 2.75) is 34.7 Å². The van der Waals surface area contributed by atoms with E-state index in [2.05, 4.69) is 15.3 Å². The minimum Gasteiger partial charge on any atom is -0.394 e. The molecule has 9 nitrogen and oxygen atoms in total. The molecule has 1 aliphatic rings. The number of hydrogen-bond donors (Lipinski definition) is 2. The van der Waals surface area contributed by atoms with Crippen LogP contribution in [0.2, 0.25) is 5.02 Å². The molecule has 1 aliphatic heterocycles. The number of nitrogens with zero attached hydrogens (tertiary/aromatic N) is 5. The number of rotatable bonds is 6. The van der Waals surface area contributed by atoms with Gasteiger partial charge in [0.1, 0.15) is 41.6 Å². The predicted octanol–water partition coefficient (Wildman–Crippen LogP) is 2.71. The van der Waals surface area contributed by atoms with E-state index in [9.17, 15) is 23.4 Å². The van der Waals surface area contributed by atoms with E-state index in [0.29, 0.717) is 4.90 Å². The number of benzene rings is 1. The third kappa shape index (κ3) is 4.99. The average Bonchev–Trinajstić information content (AvgIpc) is 3.32. The van der Waals surface area contributed by atoms with Crippen molar-refractivity contribution in [3.63, 3.8) is 0 Å². The Morgan fingerprint density at radius 3 is 2.60 bits per heavy atom. The number of aliphatic hydroxyl groups is 2. The van der Waals surface area contributed by atoms with Crippen molar-refractivity contribution in [2.24, 2.45) is 0 Å². The monoisotopic (exact) mass is 527 g/mol. The Hall–Kier alpha value is -2.73. The third-order valence-electron chi connectivity index (χ3n) is 5.37. The summed E-state index contributed by atoms with van der Waals surface area (Å²) in [5.74, 6) is -4.38. The normalized spacial score (nSPS) is 24.3. The van der Waals surface area contributed by atoms with E-state index >= 15 is 0 Å². The van der Waals surface area contributed by atoms with Gasteiger partial charge in [-0.25, -0.2) is 22.8 Å². The van der Waals surface area contributed by atoms with Gasteiger partial charge in [-0.15, -0.1) is 5.10 Å². The van der Waals surface area contributed by atoms with Crippen LogP contribution in [0.5, 0.6) is 0 Å². The summed E-state index contributed by atoms with van der Waals surface area (Å²) in [5, 5.41) is 37.7. The van der Waals surface area contributed by atoms with Gasteiger partial charge in [0.25, 0.3) is 0 Å². The van der Waals surface area contributed by atoms with Gasteiger partial charge in [-0.2, -0.15) is 5.26 Å². The van der Waals surface area contributed by atoms with Crippen LogP contribution in [0.3, 0.4) is 0 Å². The molecule has 0 radical (unpaired) electrons. The van der Waals surface area contributed by atoms with Crippen LogP contribution in [0.25, 0.3) is 11.3 Å². The van der Waals surface area contributed by atoms with Gasteiger partial charge in [0.05, 0.1) is 17.8 Å². The van der Waals surface area contributed by atoms with Crippen molar-refractivity contribution in [3.8, 4) is 17.3 Å². The van der Waals surface area contributed by atoms with E-state index in [-0.39, 0.29) is 22.0 Å². The van der Waals surface area contributed by atoms with Crippen LogP contribution in [0, 0.1) is 28.8 Å². The zero-order valence-corrected chi connectivity index (χ0v) is 19.4. The molecule has 5 unspecified atom stereocenters. The quantitative estimate of drug-likeness (QED) is 0.465. The smallest absolute Gasteiger partial charge is 0.194 e. The molecular weight excluding hydrogens is 511 g/mol. The van der Waals surface area contributed by atoms with Gasteiger partial charge >= 0.3 is 0 Å². The summed E-state index contributed by atoms with van der Waals surface area (Å²) in [4.78, 5) is 4.51. The van der Waals surface area contributed by atoms with E-state index in [0.717, 1.165) is 23.9 Å². The first-order valence-electron chi connectivity index (χ1n) is 10.0. The summed E-state index contributed by atoms with van der Waals surface area (Å²) >= 11 is 7.20. The van der Waals surface area contributed by atoms with Gasteiger partial charge in [-0.1, -0.05) is 28.6 Å². The molecule has 4 rings (SSSR count). The fourth-order valence-corrected chi connectivity index (χ4v) is 5.11. The Balaban J connectivity index is 1.67. The molecule has 14 heteroatoms. The molecule has 0 spiro atoms. The predicted molar refractivity (Wildman–Crippen MR) is 117 cm³/mol. The second-order valence-electron chi connectivity index (χ2n) is 7.48. The van der Waals surface area contributed by atoms with Crippen molar-refractivity contribution in [1.29, 1.82) is 5.26 Å². The number of pyridine rings is 1. The van der Waals surface area contributed by atoms with Crippen LogP contribution < -0.4 is 0 Å². The molecule has 1 aromatic carbocycles. The summed E-state index contributed by atoms with van der Waals surface area (Å²) < 4.78 is 53.4. The number of halogens is 4. The van der Waals surface area contributed by atoms with Crippen LogP contribution in [0.4, 0.5) is 13.2 Å². The Morgan fingerprint density at radius 1 is 1.29 bits per heavy atom. The molecule has 35 heavy (non-hydrogen) atoms. The lowest BCUT2D eigenvalue weighted by atomic mass is 9.97. The second-order valence-corrected chi connectivity index (χ2v) is 9.05. The fourth-order valence-electron chi connectivity index (χ4n) is 3.67. The minimum absolute atomic E-state index is 0.0178. The molecular formula is C21H17ClF3N5O4S. The third-order valence-corrected chi connectivity index (χ3v) is 6.76. The van der Waals surface area contributed by atoms with Crippen molar-refractivity contribution in [1.82, 2.24) is 20.0 Å². The number of hydrogen-bond acceptors (Lipinski definition) is 9. The highest BCUT2D eigenvalue weighted by atomic mass is 35.5. The van der Waals surface area contributed by atoms with E-state index in [4.69, 9.17) is 26.3 Å². The number of aliphatic hydroxyl groups excluding tert-OH is 2. The van der Waals surface area contributed by atoms with E-state index < -0.39 is 53.8 Å². The van der Waals surface area contributed by atoms with Crippen molar-refractivity contribution in [2.75, 3.05) is 13.7 Å². The fraction of sp³-hybridized carbons (Fsp3) is 0.333. The maximum atomic E-state index is 13.7. The molecule has 3 aromatic rings. The Kier molecular flexibility index (Phi) is 7.60. The maximum Gasteiger partial charge on any atom is 0.194 e. The molecule has 0 bridgehead atoms. The Morgan fingerprint density at radius 2 is 2.00 bits per heavy atom. The first-order chi connectivity index (χ1) is 16.8. The number of nitriles is 1. The lowest BCUT2D eigenvalue weighted by Gasteiger charge is -2.43. The topological polar surface area (TPSA) is 126 Å². The second kappa shape index (κ2) is 10.5. The molecule has 0 saturated carbocycles. The highest BCUT2D eigenvalue weighted by Gasteiger charge is 2.47. The van der Waals surface area contributed by atoms with Crippen LogP contribution in [0.1, 0.15) is 11.7 Å². The van der Waals surface area contributed by atoms with Gasteiger partial charge in [0, 0.05) is 23.8 Å². The Bertz CT molecular complexity index is 1250. The maximum absolute atomic E-state index is 13.7. The zero-order chi connectivity index (χ0) is 25.3. The summed E-state index contributed by atoms with van der Waals surface area (Å²) in [6.45, 7) is -0.534. The minimum atomic E-state index is -1.61. The number of thioether (sulfide) groups is 1. The van der Waals surface area contributed by atoms with Gasteiger partial charge in [-0.05, 0) is 18.2 Å². The van der Waals surface area contributed by atoms with Crippen LogP contribution in [-0.4, -0.2) is 67.7 Å². The standard InChI is InChI=1S/C21H17ClF3N5O4S/c1-33-20-18(30-7-15(28-29-30)9-2-12(23)17(25)13(24)3-9)19(32)16(8-31)34-21(20)35-10-4-11(22)14(5-26)27-6-10/h2-4,6-7,16,18-21,31-32H,8H2,1H3. The molecule has 1 saturated heterocycles. The highest BCUT2D eigenvalue weighted by molar-refractivity contribution is 7.99. The van der Waals surface area contributed by atoms with Gasteiger partial charge in [-0.3, -0.25) is 0 Å². The SMILES string of the molecule is COC1C(Sc2cnc(C#N)c(Cl)c2)OC(CO)C(O)C1n1cc(-c2cc(F)c(F)c(F)c2)nn1. The van der Waals surface area contributed by atoms with E-state index in [1.807, 2.05) is 6.07 Å². The van der Waals surface area contributed by atoms with Crippen LogP contribution in [-0.2, 0) is 9.47 Å². The number of aromatic nitrogens is 4. The molecule has 0 amide bonds. The summed E-state index contributed by atoms with van der Waals surface area (Å²) in [7, 11) is 1.38. The molecule has 3 heterocycles. The van der Waals surface area contributed by atoms with E-state index in [1.165, 1.54) is 30.3 Å².